The van der Waals surface area contributed by atoms with Crippen LogP contribution in [0.25, 0.3) is 49.7 Å². The Morgan fingerprint density at radius 3 is 1.80 bits per heavy atom. The van der Waals surface area contributed by atoms with Gasteiger partial charge in [-0.05, 0) is 76.2 Å². The Morgan fingerprint density at radius 2 is 1.14 bits per heavy atom. The lowest BCUT2D eigenvalue weighted by Crippen LogP contribution is -2.38. The maximum Gasteiger partial charge on any atom is 0.0740 e. The van der Waals surface area contributed by atoms with Crippen LogP contribution in [0.1, 0.15) is 39.4 Å². The van der Waals surface area contributed by atoms with Gasteiger partial charge in [-0.3, -0.25) is 4.98 Å². The summed E-state index contributed by atoms with van der Waals surface area (Å²) in [6.07, 6.45) is 7.54. The van der Waals surface area contributed by atoms with E-state index in [2.05, 4.69) is 185 Å². The average molecular weight is 652 g/mol. The van der Waals surface area contributed by atoms with Gasteiger partial charge in [0.15, 0.2) is 0 Å². The van der Waals surface area contributed by atoms with Crippen LogP contribution in [0, 0.1) is 0 Å². The third-order valence-electron chi connectivity index (χ3n) is 11.4. The molecular weight excluding hydrogens is 619 g/mol. The standard InChI is InChI=1S/C48H33N3/c1-4-14-32(15-5-1)33-28-39-40-31-49-27-26-45(40)51-46-25-24-36(50-43-22-12-10-20-37(43)38-21-11-13-23-44(38)50)30-41(46)48(42(29-33)47(39)51,34-16-6-2-7-17-34)35-18-8-3-9-19-35/h1-27,29-31,33H,28H2. The lowest BCUT2D eigenvalue weighted by molar-refractivity contribution is 0.719. The molecule has 0 N–H and O–H groups in total. The van der Waals surface area contributed by atoms with Crippen molar-refractivity contribution in [2.75, 3.05) is 0 Å². The quantitative estimate of drug-likeness (QED) is 0.186. The van der Waals surface area contributed by atoms with Crippen molar-refractivity contribution < 1.29 is 0 Å². The number of hydrogen-bond donors (Lipinski definition) is 0. The zero-order valence-corrected chi connectivity index (χ0v) is 27.9. The van der Waals surface area contributed by atoms with E-state index < -0.39 is 5.41 Å². The topological polar surface area (TPSA) is 22.8 Å². The van der Waals surface area contributed by atoms with Crippen molar-refractivity contribution in [3.8, 4) is 11.4 Å². The second-order valence-corrected chi connectivity index (χ2v) is 13.9. The lowest BCUT2D eigenvalue weighted by atomic mass is 9.59. The van der Waals surface area contributed by atoms with Crippen molar-refractivity contribution in [3.05, 3.63) is 216 Å². The monoisotopic (exact) mass is 651 g/mol. The number of fused-ring (bicyclic) bond motifs is 8. The minimum atomic E-state index is -0.591. The molecule has 0 radical (unpaired) electrons. The molecule has 2 aliphatic rings. The summed E-state index contributed by atoms with van der Waals surface area (Å²) < 4.78 is 4.99. The molecule has 3 nitrogen and oxygen atoms in total. The number of benzene rings is 6. The molecule has 0 fully saturated rings. The zero-order valence-electron chi connectivity index (χ0n) is 27.9. The van der Waals surface area contributed by atoms with Crippen molar-refractivity contribution in [3.63, 3.8) is 0 Å². The van der Waals surface area contributed by atoms with Crippen LogP contribution < -0.4 is 0 Å². The summed E-state index contributed by atoms with van der Waals surface area (Å²) in [7, 11) is 0. The molecule has 1 unspecified atom stereocenters. The average Bonchev–Trinajstić information content (AvgIpc) is 3.73. The van der Waals surface area contributed by atoms with E-state index in [9.17, 15) is 0 Å². The fourth-order valence-corrected chi connectivity index (χ4v) is 9.38. The molecule has 1 atom stereocenters. The fourth-order valence-electron chi connectivity index (χ4n) is 9.38. The van der Waals surface area contributed by atoms with Crippen molar-refractivity contribution >= 4 is 38.3 Å². The first kappa shape index (κ1) is 28.4. The predicted octanol–water partition coefficient (Wildman–Crippen LogP) is 11.2. The van der Waals surface area contributed by atoms with Crippen LogP contribution in [0.5, 0.6) is 0 Å². The summed E-state index contributed by atoms with van der Waals surface area (Å²) in [6.45, 7) is 0. The van der Waals surface area contributed by atoms with Crippen LogP contribution in [0.4, 0.5) is 0 Å². The lowest BCUT2D eigenvalue weighted by Gasteiger charge is -2.45. The summed E-state index contributed by atoms with van der Waals surface area (Å²) in [5.74, 6) is 0.210. The van der Waals surface area contributed by atoms with Gasteiger partial charge in [0.2, 0.25) is 0 Å². The molecule has 0 amide bonds. The molecule has 9 aromatic rings. The number of allylic oxidation sites excluding steroid dienone is 2. The van der Waals surface area contributed by atoms with E-state index in [1.54, 1.807) is 0 Å². The molecule has 0 spiro atoms. The Balaban J connectivity index is 1.33. The SMILES string of the molecule is C1=C2c3c(c4cnccc4n3-c3ccc(-n4c5ccccc5c5ccccc54)cc3C2(c2ccccc2)c2ccccc2)CC1c1ccccc1. The van der Waals surface area contributed by atoms with E-state index in [1.165, 1.54) is 77.5 Å². The number of pyridine rings is 1. The minimum absolute atomic E-state index is 0.210. The van der Waals surface area contributed by atoms with E-state index in [0.717, 1.165) is 12.1 Å². The molecule has 1 aliphatic carbocycles. The van der Waals surface area contributed by atoms with Gasteiger partial charge in [-0.25, -0.2) is 0 Å². The van der Waals surface area contributed by atoms with Gasteiger partial charge >= 0.3 is 0 Å². The summed E-state index contributed by atoms with van der Waals surface area (Å²) >= 11 is 0. The Bertz CT molecular complexity index is 2730. The third kappa shape index (κ3) is 3.86. The minimum Gasteiger partial charge on any atom is -0.309 e. The summed E-state index contributed by atoms with van der Waals surface area (Å²) in [5, 5.41) is 3.76. The van der Waals surface area contributed by atoms with E-state index in [-0.39, 0.29) is 5.92 Å². The highest BCUT2D eigenvalue weighted by molar-refractivity contribution is 6.09. The van der Waals surface area contributed by atoms with Crippen molar-refractivity contribution in [1.82, 2.24) is 14.1 Å². The molecule has 3 heteroatoms. The smallest absolute Gasteiger partial charge is 0.0740 e. The van der Waals surface area contributed by atoms with Crippen LogP contribution in [0.2, 0.25) is 0 Å². The second kappa shape index (κ2) is 10.8. The second-order valence-electron chi connectivity index (χ2n) is 13.9. The molecule has 0 bridgehead atoms. The Labute approximate surface area is 296 Å². The summed E-state index contributed by atoms with van der Waals surface area (Å²) in [5.41, 5.74) is 14.5. The maximum absolute atomic E-state index is 4.69. The number of aromatic nitrogens is 3. The molecule has 11 rings (SSSR count). The summed E-state index contributed by atoms with van der Waals surface area (Å²) in [6, 6.07) is 60.4. The van der Waals surface area contributed by atoms with E-state index >= 15 is 0 Å². The normalized spacial score (nSPS) is 15.8. The van der Waals surface area contributed by atoms with Gasteiger partial charge in [0, 0.05) is 40.2 Å². The molecule has 0 saturated heterocycles. The number of para-hydroxylation sites is 2. The van der Waals surface area contributed by atoms with Gasteiger partial charge < -0.3 is 9.13 Å². The first-order valence-electron chi connectivity index (χ1n) is 17.8. The van der Waals surface area contributed by atoms with Crippen LogP contribution in [-0.4, -0.2) is 14.1 Å². The highest BCUT2D eigenvalue weighted by Crippen LogP contribution is 2.59. The Hall–Kier alpha value is -6.45. The molecule has 1 aliphatic heterocycles. The fraction of sp³-hybridized carbons (Fsp3) is 0.0625. The van der Waals surface area contributed by atoms with Crippen LogP contribution >= 0.6 is 0 Å². The van der Waals surface area contributed by atoms with Crippen LogP contribution in [0.3, 0.4) is 0 Å². The first-order chi connectivity index (χ1) is 25.3. The van der Waals surface area contributed by atoms with E-state index in [0.29, 0.717) is 0 Å². The van der Waals surface area contributed by atoms with E-state index in [1.807, 2.05) is 6.20 Å². The molecule has 0 saturated carbocycles. The van der Waals surface area contributed by atoms with Crippen LogP contribution in [-0.2, 0) is 11.8 Å². The number of rotatable bonds is 4. The van der Waals surface area contributed by atoms with Crippen molar-refractivity contribution in [1.29, 1.82) is 0 Å². The van der Waals surface area contributed by atoms with Gasteiger partial charge in [-0.15, -0.1) is 0 Å². The molecule has 6 aromatic carbocycles. The predicted molar refractivity (Wildman–Crippen MR) is 209 cm³/mol. The molecule has 51 heavy (non-hydrogen) atoms. The van der Waals surface area contributed by atoms with Crippen molar-refractivity contribution in [2.45, 2.75) is 17.8 Å². The van der Waals surface area contributed by atoms with Gasteiger partial charge in [0.1, 0.15) is 0 Å². The first-order valence-corrected chi connectivity index (χ1v) is 17.8. The molecule has 240 valence electrons. The third-order valence-corrected chi connectivity index (χ3v) is 11.4. The maximum atomic E-state index is 4.69. The van der Waals surface area contributed by atoms with E-state index in [4.69, 9.17) is 4.98 Å². The van der Waals surface area contributed by atoms with Crippen LogP contribution in [0.15, 0.2) is 182 Å². The Kier molecular flexibility index (Phi) is 6.00. The van der Waals surface area contributed by atoms with Gasteiger partial charge in [0.05, 0.1) is 33.3 Å². The molecule has 3 aromatic heterocycles. The van der Waals surface area contributed by atoms with Gasteiger partial charge in [-0.2, -0.15) is 0 Å². The highest BCUT2D eigenvalue weighted by atomic mass is 15.0. The van der Waals surface area contributed by atoms with Gasteiger partial charge in [-0.1, -0.05) is 133 Å². The largest absolute Gasteiger partial charge is 0.309 e. The Morgan fingerprint density at radius 1 is 0.549 bits per heavy atom. The summed E-state index contributed by atoms with van der Waals surface area (Å²) in [4.78, 5) is 4.69. The number of nitrogens with zero attached hydrogens (tertiary/aromatic N) is 3. The zero-order chi connectivity index (χ0) is 33.5. The molecule has 4 heterocycles. The number of hydrogen-bond acceptors (Lipinski definition) is 1. The van der Waals surface area contributed by atoms with Crippen molar-refractivity contribution in [2.24, 2.45) is 0 Å². The molecular formula is C48H33N3. The highest BCUT2D eigenvalue weighted by Gasteiger charge is 2.49. The van der Waals surface area contributed by atoms with Gasteiger partial charge in [0.25, 0.3) is 0 Å².